The number of hydrogen-bond acceptors (Lipinski definition) is 6. The highest BCUT2D eigenvalue weighted by Crippen LogP contribution is 2.45. The lowest BCUT2D eigenvalue weighted by Gasteiger charge is -2.39. The van der Waals surface area contributed by atoms with Gasteiger partial charge in [0.2, 0.25) is 5.91 Å². The molecule has 2 aromatic heterocycles. The molecule has 0 atom stereocenters. The number of aryl methyl sites for hydroxylation is 2. The molecule has 4 aromatic rings. The maximum atomic E-state index is 13.0. The summed E-state index contributed by atoms with van der Waals surface area (Å²) in [5.41, 5.74) is 5.35. The fourth-order valence-electron chi connectivity index (χ4n) is 5.46. The third-order valence-corrected chi connectivity index (χ3v) is 7.27. The Balaban J connectivity index is 1.28. The van der Waals surface area contributed by atoms with E-state index in [0.29, 0.717) is 5.82 Å². The van der Waals surface area contributed by atoms with Gasteiger partial charge >= 0.3 is 0 Å². The van der Waals surface area contributed by atoms with E-state index in [9.17, 15) is 4.79 Å². The van der Waals surface area contributed by atoms with E-state index in [0.717, 1.165) is 71.4 Å². The third-order valence-electron chi connectivity index (χ3n) is 7.27. The van der Waals surface area contributed by atoms with Gasteiger partial charge in [0, 0.05) is 53.7 Å². The zero-order valence-corrected chi connectivity index (χ0v) is 21.0. The molecule has 1 amide bonds. The van der Waals surface area contributed by atoms with Gasteiger partial charge in [0.05, 0.1) is 11.1 Å². The minimum absolute atomic E-state index is 0.0661. The number of ether oxygens (including phenoxy) is 1. The van der Waals surface area contributed by atoms with Gasteiger partial charge in [-0.15, -0.1) is 0 Å². The summed E-state index contributed by atoms with van der Waals surface area (Å²) in [5, 5.41) is 6.50. The Morgan fingerprint density at radius 3 is 2.46 bits per heavy atom. The summed E-state index contributed by atoms with van der Waals surface area (Å²) < 4.78 is 6.35. The SMILES string of the molecule is Cc1cc(Nc2ccc(N3CCC4(CC3)C(=O)Nc3ncccc34)cc2Oc2ccccc2)cc(C)n1. The Kier molecular flexibility index (Phi) is 5.75. The van der Waals surface area contributed by atoms with Crippen LogP contribution in [0, 0.1) is 13.8 Å². The van der Waals surface area contributed by atoms with Crippen LogP contribution in [0.25, 0.3) is 0 Å². The van der Waals surface area contributed by atoms with Crippen molar-refractivity contribution in [2.75, 3.05) is 28.6 Å². The molecule has 7 heteroatoms. The van der Waals surface area contributed by atoms with Crippen molar-refractivity contribution in [2.24, 2.45) is 0 Å². The van der Waals surface area contributed by atoms with E-state index in [2.05, 4.69) is 43.7 Å². The topological polar surface area (TPSA) is 79.4 Å². The standard InChI is InChI=1S/C30H29N5O2/c1-20-17-22(18-21(2)32-20)33-26-11-10-23(19-27(26)37-24-7-4-3-5-8-24)35-15-12-30(13-16-35)25-9-6-14-31-28(25)34-29(30)36/h3-11,14,17-19H,12-13,15-16H2,1-2H3,(H,32,33)(H,31,34,36). The van der Waals surface area contributed by atoms with E-state index in [4.69, 9.17) is 4.74 Å². The molecule has 1 fully saturated rings. The third kappa shape index (κ3) is 4.37. The lowest BCUT2D eigenvalue weighted by atomic mass is 9.74. The van der Waals surface area contributed by atoms with Crippen molar-refractivity contribution < 1.29 is 9.53 Å². The number of carbonyl (C=O) groups excluding carboxylic acids is 1. The molecule has 6 rings (SSSR count). The number of para-hydroxylation sites is 1. The van der Waals surface area contributed by atoms with Gasteiger partial charge < -0.3 is 20.3 Å². The van der Waals surface area contributed by atoms with Crippen molar-refractivity contribution in [3.8, 4) is 11.5 Å². The quantitative estimate of drug-likeness (QED) is 0.350. The van der Waals surface area contributed by atoms with E-state index in [1.165, 1.54) is 0 Å². The lowest BCUT2D eigenvalue weighted by molar-refractivity contribution is -0.121. The number of anilines is 4. The number of fused-ring (bicyclic) bond motifs is 2. The summed E-state index contributed by atoms with van der Waals surface area (Å²) in [6.07, 6.45) is 3.20. The fraction of sp³-hybridized carbons (Fsp3) is 0.233. The number of nitrogens with zero attached hydrogens (tertiary/aromatic N) is 3. The van der Waals surface area contributed by atoms with Crippen LogP contribution < -0.4 is 20.3 Å². The summed E-state index contributed by atoms with van der Waals surface area (Å²) in [4.78, 5) is 24.2. The van der Waals surface area contributed by atoms with E-state index in [-0.39, 0.29) is 5.91 Å². The molecule has 2 N–H and O–H groups in total. The van der Waals surface area contributed by atoms with Gasteiger partial charge in [-0.3, -0.25) is 9.78 Å². The Morgan fingerprint density at radius 1 is 0.946 bits per heavy atom. The average molecular weight is 492 g/mol. The van der Waals surface area contributed by atoms with Gasteiger partial charge in [0.1, 0.15) is 11.6 Å². The highest BCUT2D eigenvalue weighted by atomic mass is 16.5. The summed E-state index contributed by atoms with van der Waals surface area (Å²) >= 11 is 0. The number of amides is 1. The predicted octanol–water partition coefficient (Wildman–Crippen LogP) is 6.12. The highest BCUT2D eigenvalue weighted by Gasteiger charge is 2.49. The molecular formula is C30H29N5O2. The van der Waals surface area contributed by atoms with E-state index >= 15 is 0 Å². The van der Waals surface area contributed by atoms with Crippen LogP contribution in [0.4, 0.5) is 22.9 Å². The zero-order chi connectivity index (χ0) is 25.4. The van der Waals surface area contributed by atoms with Crippen LogP contribution in [0.5, 0.6) is 11.5 Å². The molecule has 0 radical (unpaired) electrons. The Labute approximate surface area is 216 Å². The molecule has 2 aliphatic rings. The van der Waals surface area contributed by atoms with Gasteiger partial charge in [-0.2, -0.15) is 0 Å². The Hall–Kier alpha value is -4.39. The molecule has 2 aromatic carbocycles. The largest absolute Gasteiger partial charge is 0.455 e. The zero-order valence-electron chi connectivity index (χ0n) is 21.0. The Morgan fingerprint density at radius 2 is 1.70 bits per heavy atom. The van der Waals surface area contributed by atoms with Crippen molar-refractivity contribution in [3.63, 3.8) is 0 Å². The second-order valence-corrected chi connectivity index (χ2v) is 9.78. The molecule has 4 heterocycles. The molecular weight excluding hydrogens is 462 g/mol. The number of carbonyl (C=O) groups is 1. The minimum Gasteiger partial charge on any atom is -0.455 e. The number of benzene rings is 2. The van der Waals surface area contributed by atoms with Crippen molar-refractivity contribution in [1.82, 2.24) is 9.97 Å². The number of aromatic nitrogens is 2. The van der Waals surface area contributed by atoms with Crippen molar-refractivity contribution in [1.29, 1.82) is 0 Å². The van der Waals surface area contributed by atoms with Crippen LogP contribution in [0.2, 0.25) is 0 Å². The molecule has 186 valence electrons. The van der Waals surface area contributed by atoms with Crippen LogP contribution >= 0.6 is 0 Å². The first-order chi connectivity index (χ1) is 18.0. The normalized spacial score (nSPS) is 15.8. The molecule has 0 saturated carbocycles. The first kappa shape index (κ1) is 23.0. The average Bonchev–Trinajstić information content (AvgIpc) is 3.16. The fourth-order valence-corrected chi connectivity index (χ4v) is 5.46. The summed E-state index contributed by atoms with van der Waals surface area (Å²) in [6, 6.07) is 24.1. The molecule has 2 aliphatic heterocycles. The summed E-state index contributed by atoms with van der Waals surface area (Å²) in [5.74, 6) is 2.28. The van der Waals surface area contributed by atoms with Crippen LogP contribution in [0.15, 0.2) is 79.0 Å². The second-order valence-electron chi connectivity index (χ2n) is 9.78. The first-order valence-electron chi connectivity index (χ1n) is 12.6. The van der Waals surface area contributed by atoms with Crippen molar-refractivity contribution in [3.05, 3.63) is 95.9 Å². The van der Waals surface area contributed by atoms with Gasteiger partial charge in [-0.25, -0.2) is 4.98 Å². The van der Waals surface area contributed by atoms with Gasteiger partial charge in [-0.05, 0) is 69.2 Å². The monoisotopic (exact) mass is 491 g/mol. The maximum absolute atomic E-state index is 13.0. The number of hydrogen-bond donors (Lipinski definition) is 2. The molecule has 37 heavy (non-hydrogen) atoms. The molecule has 1 saturated heterocycles. The van der Waals surface area contributed by atoms with E-state index in [1.807, 2.05) is 68.4 Å². The van der Waals surface area contributed by atoms with Crippen LogP contribution in [0.1, 0.15) is 29.8 Å². The van der Waals surface area contributed by atoms with E-state index < -0.39 is 5.41 Å². The molecule has 0 aliphatic carbocycles. The maximum Gasteiger partial charge on any atom is 0.236 e. The molecule has 0 unspecified atom stereocenters. The van der Waals surface area contributed by atoms with Gasteiger partial charge in [0.25, 0.3) is 0 Å². The van der Waals surface area contributed by atoms with Crippen molar-refractivity contribution >= 4 is 28.8 Å². The van der Waals surface area contributed by atoms with Crippen LogP contribution in [-0.4, -0.2) is 29.0 Å². The smallest absolute Gasteiger partial charge is 0.236 e. The predicted molar refractivity (Wildman–Crippen MR) is 146 cm³/mol. The second kappa shape index (κ2) is 9.24. The first-order valence-corrected chi connectivity index (χ1v) is 12.6. The number of rotatable bonds is 5. The molecule has 7 nitrogen and oxygen atoms in total. The number of nitrogens with one attached hydrogen (secondary N) is 2. The lowest BCUT2D eigenvalue weighted by Crippen LogP contribution is -2.46. The highest BCUT2D eigenvalue weighted by molar-refractivity contribution is 6.05. The number of piperidine rings is 1. The molecule has 1 spiro atoms. The minimum atomic E-state index is -0.498. The van der Waals surface area contributed by atoms with Crippen molar-refractivity contribution in [2.45, 2.75) is 32.1 Å². The van der Waals surface area contributed by atoms with Crippen LogP contribution in [-0.2, 0) is 10.2 Å². The van der Waals surface area contributed by atoms with Gasteiger partial charge in [-0.1, -0.05) is 24.3 Å². The summed E-state index contributed by atoms with van der Waals surface area (Å²) in [6.45, 7) is 5.51. The number of pyridine rings is 2. The summed E-state index contributed by atoms with van der Waals surface area (Å²) in [7, 11) is 0. The van der Waals surface area contributed by atoms with Crippen LogP contribution in [0.3, 0.4) is 0 Å². The Bertz CT molecular complexity index is 1440. The van der Waals surface area contributed by atoms with Gasteiger partial charge in [0.15, 0.2) is 5.75 Å². The molecule has 0 bridgehead atoms. The van der Waals surface area contributed by atoms with E-state index in [1.54, 1.807) is 6.20 Å².